The van der Waals surface area contributed by atoms with Crippen molar-refractivity contribution < 1.29 is 14.3 Å². The summed E-state index contributed by atoms with van der Waals surface area (Å²) in [5, 5.41) is 3.11. The fraction of sp³-hybridized carbons (Fsp3) is 0.529. The van der Waals surface area contributed by atoms with E-state index in [4.69, 9.17) is 4.74 Å². The largest absolute Gasteiger partial charge is 0.445 e. The highest BCUT2D eigenvalue weighted by Crippen LogP contribution is 2.29. The minimum Gasteiger partial charge on any atom is -0.445 e. The van der Waals surface area contributed by atoms with E-state index in [-0.39, 0.29) is 17.7 Å². The van der Waals surface area contributed by atoms with E-state index in [0.29, 0.717) is 12.8 Å². The lowest BCUT2D eigenvalue weighted by Crippen LogP contribution is -2.54. The summed E-state index contributed by atoms with van der Waals surface area (Å²) in [5.41, 5.74) is 0.160. The molecule has 1 aromatic carbocycles. The molecule has 0 bridgehead atoms. The molecule has 2 rings (SSSR count). The van der Waals surface area contributed by atoms with Crippen molar-refractivity contribution >= 4 is 27.8 Å². The van der Waals surface area contributed by atoms with Gasteiger partial charge >= 0.3 is 6.09 Å². The van der Waals surface area contributed by atoms with Gasteiger partial charge in [0.2, 0.25) is 0 Å². The summed E-state index contributed by atoms with van der Waals surface area (Å²) in [6.07, 6.45) is 5.00. The number of nitrogens with one attached hydrogen (secondary N) is 1. The summed E-state index contributed by atoms with van der Waals surface area (Å²) in [6, 6.07) is 9.52. The van der Waals surface area contributed by atoms with Crippen LogP contribution in [0.2, 0.25) is 0 Å². The Kier molecular flexibility index (Phi) is 6.43. The third-order valence-electron chi connectivity index (χ3n) is 4.17. The van der Waals surface area contributed by atoms with Crippen molar-refractivity contribution in [2.75, 3.05) is 5.33 Å². The number of carbonyl (C=O) groups is 2. The molecule has 1 aromatic rings. The van der Waals surface area contributed by atoms with Crippen molar-refractivity contribution in [3.8, 4) is 0 Å². The van der Waals surface area contributed by atoms with E-state index in [0.717, 1.165) is 31.2 Å². The summed E-state index contributed by atoms with van der Waals surface area (Å²) in [7, 11) is 0. The third kappa shape index (κ3) is 4.57. The topological polar surface area (TPSA) is 55.4 Å². The lowest BCUT2D eigenvalue weighted by atomic mass is 9.86. The molecule has 1 fully saturated rings. The SMILES string of the molecule is O=C(NC1(C(=O)CBr)CCCCCC1)OCc1ccccc1. The van der Waals surface area contributed by atoms with Gasteiger partial charge < -0.3 is 10.1 Å². The molecule has 0 radical (unpaired) electrons. The molecule has 0 saturated heterocycles. The number of Topliss-reactive ketones (excluding diaryl/α,β-unsaturated/α-hetero) is 1. The number of ketones is 1. The van der Waals surface area contributed by atoms with Gasteiger partial charge in [0.05, 0.1) is 5.33 Å². The van der Waals surface area contributed by atoms with Crippen LogP contribution >= 0.6 is 15.9 Å². The zero-order valence-electron chi connectivity index (χ0n) is 12.6. The smallest absolute Gasteiger partial charge is 0.408 e. The molecule has 0 atom stereocenters. The number of benzene rings is 1. The average molecular weight is 368 g/mol. The normalized spacial score (nSPS) is 17.3. The predicted octanol–water partition coefficient (Wildman–Crippen LogP) is 3.97. The standard InChI is InChI=1S/C17H22BrNO3/c18-12-15(20)17(10-6-1-2-7-11-17)19-16(21)22-13-14-8-4-3-5-9-14/h3-5,8-9H,1-2,6-7,10-13H2,(H,19,21). The lowest BCUT2D eigenvalue weighted by Gasteiger charge is -2.31. The number of hydrogen-bond donors (Lipinski definition) is 1. The first-order valence-corrected chi connectivity index (χ1v) is 8.86. The molecular formula is C17H22BrNO3. The van der Waals surface area contributed by atoms with Crippen LogP contribution in [0.5, 0.6) is 0 Å². The zero-order valence-corrected chi connectivity index (χ0v) is 14.2. The van der Waals surface area contributed by atoms with Crippen LogP contribution in [0.15, 0.2) is 30.3 Å². The molecule has 120 valence electrons. The Morgan fingerprint density at radius 1 is 1.09 bits per heavy atom. The number of carbonyl (C=O) groups excluding carboxylic acids is 2. The number of alkyl halides is 1. The molecular weight excluding hydrogens is 346 g/mol. The molecule has 1 aliphatic rings. The Hall–Kier alpha value is -1.36. The maximum Gasteiger partial charge on any atom is 0.408 e. The molecule has 1 amide bonds. The van der Waals surface area contributed by atoms with E-state index in [1.165, 1.54) is 0 Å². The number of halogens is 1. The van der Waals surface area contributed by atoms with E-state index >= 15 is 0 Å². The van der Waals surface area contributed by atoms with Gasteiger partial charge in [0, 0.05) is 0 Å². The van der Waals surface area contributed by atoms with Crippen LogP contribution in [0.25, 0.3) is 0 Å². The van der Waals surface area contributed by atoms with Crippen molar-refractivity contribution in [3.05, 3.63) is 35.9 Å². The Balaban J connectivity index is 1.97. The first-order chi connectivity index (χ1) is 10.7. The summed E-state index contributed by atoms with van der Waals surface area (Å²) in [5.74, 6) is 0.0334. The van der Waals surface area contributed by atoms with Gasteiger partial charge in [0.15, 0.2) is 5.78 Å². The number of rotatable bonds is 5. The predicted molar refractivity (Wildman–Crippen MR) is 89.0 cm³/mol. The molecule has 0 unspecified atom stereocenters. The average Bonchev–Trinajstić information content (AvgIpc) is 2.79. The maximum absolute atomic E-state index is 12.3. The monoisotopic (exact) mass is 367 g/mol. The zero-order chi connectivity index (χ0) is 15.8. The molecule has 22 heavy (non-hydrogen) atoms. The highest BCUT2D eigenvalue weighted by molar-refractivity contribution is 9.09. The summed E-state index contributed by atoms with van der Waals surface area (Å²) >= 11 is 3.24. The molecule has 1 saturated carbocycles. The Bertz CT molecular complexity index is 496. The van der Waals surface area contributed by atoms with Gasteiger partial charge in [0.1, 0.15) is 12.1 Å². The number of ether oxygens (including phenoxy) is 1. The molecule has 1 N–H and O–H groups in total. The quantitative estimate of drug-likeness (QED) is 0.632. The van der Waals surface area contributed by atoms with E-state index < -0.39 is 11.6 Å². The molecule has 0 heterocycles. The van der Waals surface area contributed by atoms with Crippen molar-refractivity contribution in [2.45, 2.75) is 50.7 Å². The van der Waals surface area contributed by atoms with Crippen LogP contribution in [-0.2, 0) is 16.1 Å². The number of alkyl carbamates (subject to hydrolysis) is 1. The Morgan fingerprint density at radius 2 is 1.73 bits per heavy atom. The van der Waals surface area contributed by atoms with Gasteiger partial charge in [0.25, 0.3) is 0 Å². The summed E-state index contributed by atoms with van der Waals surface area (Å²) in [4.78, 5) is 24.5. The van der Waals surface area contributed by atoms with E-state index in [1.54, 1.807) is 0 Å². The fourth-order valence-corrected chi connectivity index (χ4v) is 3.42. The second kappa shape index (κ2) is 8.32. The van der Waals surface area contributed by atoms with Crippen LogP contribution in [0, 0.1) is 0 Å². The van der Waals surface area contributed by atoms with Crippen molar-refractivity contribution in [2.24, 2.45) is 0 Å². The lowest BCUT2D eigenvalue weighted by molar-refractivity contribution is -0.123. The highest BCUT2D eigenvalue weighted by Gasteiger charge is 2.39. The van der Waals surface area contributed by atoms with Crippen LogP contribution in [0.3, 0.4) is 0 Å². The summed E-state index contributed by atoms with van der Waals surface area (Å²) in [6.45, 7) is 0.214. The van der Waals surface area contributed by atoms with Crippen molar-refractivity contribution in [1.82, 2.24) is 5.32 Å². The second-order valence-corrected chi connectivity index (χ2v) is 6.30. The highest BCUT2D eigenvalue weighted by atomic mass is 79.9. The maximum atomic E-state index is 12.3. The van der Waals surface area contributed by atoms with Gasteiger partial charge in [-0.2, -0.15) is 0 Å². The molecule has 0 spiro atoms. The van der Waals surface area contributed by atoms with Crippen molar-refractivity contribution in [3.63, 3.8) is 0 Å². The number of amides is 1. The van der Waals surface area contributed by atoms with Crippen LogP contribution in [0.4, 0.5) is 4.79 Å². The van der Waals surface area contributed by atoms with Gasteiger partial charge in [-0.1, -0.05) is 71.9 Å². The molecule has 0 aromatic heterocycles. The number of hydrogen-bond acceptors (Lipinski definition) is 3. The first kappa shape index (κ1) is 17.0. The van der Waals surface area contributed by atoms with E-state index in [2.05, 4.69) is 21.2 Å². The van der Waals surface area contributed by atoms with E-state index in [9.17, 15) is 9.59 Å². The molecule has 0 aliphatic heterocycles. The van der Waals surface area contributed by atoms with Gasteiger partial charge in [-0.05, 0) is 18.4 Å². The van der Waals surface area contributed by atoms with Gasteiger partial charge in [-0.15, -0.1) is 0 Å². The minimum absolute atomic E-state index is 0.0334. The van der Waals surface area contributed by atoms with Crippen LogP contribution in [0.1, 0.15) is 44.1 Å². The Labute approximate surface area is 139 Å². The van der Waals surface area contributed by atoms with Crippen LogP contribution < -0.4 is 5.32 Å². The summed E-state index contributed by atoms with van der Waals surface area (Å²) < 4.78 is 5.27. The van der Waals surface area contributed by atoms with Gasteiger partial charge in [-0.3, -0.25) is 4.79 Å². The molecule has 1 aliphatic carbocycles. The fourth-order valence-electron chi connectivity index (χ4n) is 2.89. The Morgan fingerprint density at radius 3 is 2.32 bits per heavy atom. The van der Waals surface area contributed by atoms with Crippen molar-refractivity contribution in [1.29, 1.82) is 0 Å². The first-order valence-electron chi connectivity index (χ1n) is 7.74. The molecule has 4 nitrogen and oxygen atoms in total. The van der Waals surface area contributed by atoms with Gasteiger partial charge in [-0.25, -0.2) is 4.79 Å². The van der Waals surface area contributed by atoms with Crippen LogP contribution in [-0.4, -0.2) is 22.7 Å². The third-order valence-corrected chi connectivity index (χ3v) is 4.68. The molecule has 5 heteroatoms. The minimum atomic E-state index is -0.770. The van der Waals surface area contributed by atoms with E-state index in [1.807, 2.05) is 30.3 Å². The second-order valence-electron chi connectivity index (χ2n) is 5.74.